The summed E-state index contributed by atoms with van der Waals surface area (Å²) in [7, 11) is 0. The van der Waals surface area contributed by atoms with Crippen LogP contribution in [0.4, 0.5) is 4.79 Å². The first-order valence-corrected chi connectivity index (χ1v) is 6.14. The molecule has 1 amide bonds. The van der Waals surface area contributed by atoms with Gasteiger partial charge in [-0.15, -0.1) is 0 Å². The van der Waals surface area contributed by atoms with Gasteiger partial charge in [-0.3, -0.25) is 4.90 Å². The van der Waals surface area contributed by atoms with Gasteiger partial charge in [-0.1, -0.05) is 12.1 Å². The van der Waals surface area contributed by atoms with Crippen molar-refractivity contribution in [1.82, 2.24) is 4.90 Å². The van der Waals surface area contributed by atoms with Crippen molar-refractivity contribution >= 4 is 6.09 Å². The Morgan fingerprint density at radius 1 is 1.21 bits per heavy atom. The van der Waals surface area contributed by atoms with Gasteiger partial charge in [0.15, 0.2) is 0 Å². The Bertz CT molecular complexity index is 436. The molecule has 1 aromatic carbocycles. The number of nitrogens with zero attached hydrogens (tertiary/aromatic N) is 1. The Hall–Kier alpha value is -1.75. The van der Waals surface area contributed by atoms with Crippen molar-refractivity contribution < 1.29 is 20.1 Å². The van der Waals surface area contributed by atoms with Crippen molar-refractivity contribution in [2.24, 2.45) is 0 Å². The third-order valence-corrected chi connectivity index (χ3v) is 3.03. The van der Waals surface area contributed by atoms with Crippen LogP contribution in [0.2, 0.25) is 0 Å². The summed E-state index contributed by atoms with van der Waals surface area (Å²) in [5, 5.41) is 28.8. The second-order valence-electron chi connectivity index (χ2n) is 5.60. The highest BCUT2D eigenvalue weighted by Crippen LogP contribution is 2.27. The van der Waals surface area contributed by atoms with Crippen LogP contribution in [0.25, 0.3) is 0 Å². The van der Waals surface area contributed by atoms with Crippen molar-refractivity contribution in [3.8, 4) is 5.75 Å². The van der Waals surface area contributed by atoms with Gasteiger partial charge in [0, 0.05) is 5.54 Å². The van der Waals surface area contributed by atoms with Gasteiger partial charge in [0.05, 0.1) is 12.1 Å². The quantitative estimate of drug-likeness (QED) is 0.786. The molecule has 0 saturated heterocycles. The molecule has 0 aliphatic carbocycles. The molecule has 19 heavy (non-hydrogen) atoms. The molecule has 1 rings (SSSR count). The monoisotopic (exact) mass is 267 g/mol. The van der Waals surface area contributed by atoms with Crippen LogP contribution in [-0.4, -0.2) is 37.9 Å². The summed E-state index contributed by atoms with van der Waals surface area (Å²) in [4.78, 5) is 12.6. The van der Waals surface area contributed by atoms with Crippen LogP contribution in [0.15, 0.2) is 24.3 Å². The Morgan fingerprint density at radius 2 is 1.68 bits per heavy atom. The minimum Gasteiger partial charge on any atom is -0.508 e. The van der Waals surface area contributed by atoms with Gasteiger partial charge in [0.2, 0.25) is 0 Å². The molecule has 0 aliphatic rings. The number of aliphatic hydroxyl groups excluding tert-OH is 1. The van der Waals surface area contributed by atoms with Gasteiger partial charge in [0.1, 0.15) is 5.75 Å². The lowest BCUT2D eigenvalue weighted by molar-refractivity contribution is 0.0141. The predicted molar refractivity (Wildman–Crippen MR) is 72.1 cm³/mol. The van der Waals surface area contributed by atoms with Gasteiger partial charge >= 0.3 is 6.09 Å². The van der Waals surface area contributed by atoms with Crippen LogP contribution >= 0.6 is 0 Å². The number of hydrogen-bond donors (Lipinski definition) is 3. The summed E-state index contributed by atoms with van der Waals surface area (Å²) in [5.41, 5.74) is -0.0378. The summed E-state index contributed by atoms with van der Waals surface area (Å²) in [6, 6.07) is 5.50. The van der Waals surface area contributed by atoms with Crippen LogP contribution in [0.3, 0.4) is 0 Å². The second kappa shape index (κ2) is 5.48. The zero-order chi connectivity index (χ0) is 14.8. The van der Waals surface area contributed by atoms with E-state index in [1.807, 2.05) is 0 Å². The number of carboxylic acid groups (broad SMARTS) is 1. The van der Waals surface area contributed by atoms with Crippen LogP contribution in [-0.2, 0) is 0 Å². The van der Waals surface area contributed by atoms with Crippen LogP contribution in [0, 0.1) is 0 Å². The van der Waals surface area contributed by atoms with E-state index in [1.165, 1.54) is 17.0 Å². The minimum atomic E-state index is -1.07. The smallest absolute Gasteiger partial charge is 0.408 e. The molecule has 0 saturated carbocycles. The molecule has 106 valence electrons. The molecule has 0 aliphatic heterocycles. The number of aliphatic hydroxyl groups is 1. The fraction of sp³-hybridized carbons (Fsp3) is 0.500. The third kappa shape index (κ3) is 3.61. The average molecular weight is 267 g/mol. The first kappa shape index (κ1) is 15.3. The SMILES string of the molecule is CC(C(O)c1ccc(O)cc1)N(C(=O)O)C(C)(C)C. The maximum atomic E-state index is 11.4. The second-order valence-corrected chi connectivity index (χ2v) is 5.60. The Kier molecular flexibility index (Phi) is 4.42. The number of amides is 1. The summed E-state index contributed by atoms with van der Waals surface area (Å²) in [6.45, 7) is 7.00. The fourth-order valence-corrected chi connectivity index (χ4v) is 2.16. The molecule has 0 radical (unpaired) electrons. The molecule has 0 fully saturated rings. The topological polar surface area (TPSA) is 81.0 Å². The van der Waals surface area contributed by atoms with Crippen molar-refractivity contribution in [3.05, 3.63) is 29.8 Å². The molecule has 0 spiro atoms. The molecule has 0 aromatic heterocycles. The summed E-state index contributed by atoms with van der Waals surface area (Å²) >= 11 is 0. The normalized spacial score (nSPS) is 14.8. The van der Waals surface area contributed by atoms with Crippen molar-refractivity contribution in [2.75, 3.05) is 0 Å². The average Bonchev–Trinajstić information content (AvgIpc) is 2.26. The number of aromatic hydroxyl groups is 1. The van der Waals surface area contributed by atoms with Gasteiger partial charge in [0.25, 0.3) is 0 Å². The lowest BCUT2D eigenvalue weighted by Gasteiger charge is -2.40. The summed E-state index contributed by atoms with van der Waals surface area (Å²) in [6.07, 6.45) is -2.02. The summed E-state index contributed by atoms with van der Waals surface area (Å²) in [5.74, 6) is 0.106. The number of carbonyl (C=O) groups is 1. The van der Waals surface area contributed by atoms with Crippen LogP contribution in [0.1, 0.15) is 39.4 Å². The largest absolute Gasteiger partial charge is 0.508 e. The molecule has 5 nitrogen and oxygen atoms in total. The standard InChI is InChI=1S/C14H21NO4/c1-9(15(13(18)19)14(2,3)4)12(17)10-5-7-11(16)8-6-10/h5-9,12,16-17H,1-4H3,(H,18,19). The van der Waals surface area contributed by atoms with Crippen molar-refractivity contribution in [3.63, 3.8) is 0 Å². The maximum absolute atomic E-state index is 11.4. The predicted octanol–water partition coefficient (Wildman–Crippen LogP) is 2.59. The Balaban J connectivity index is 3.00. The zero-order valence-corrected chi connectivity index (χ0v) is 11.7. The van der Waals surface area contributed by atoms with E-state index in [0.717, 1.165) is 0 Å². The molecular weight excluding hydrogens is 246 g/mol. The van der Waals surface area contributed by atoms with E-state index in [2.05, 4.69) is 0 Å². The lowest BCUT2D eigenvalue weighted by atomic mass is 9.97. The first-order chi connectivity index (χ1) is 8.64. The van der Waals surface area contributed by atoms with Gasteiger partial charge in [-0.25, -0.2) is 4.79 Å². The highest BCUT2D eigenvalue weighted by Gasteiger charge is 2.34. The number of hydrogen-bond acceptors (Lipinski definition) is 3. The zero-order valence-electron chi connectivity index (χ0n) is 11.7. The van der Waals surface area contributed by atoms with Gasteiger partial charge < -0.3 is 15.3 Å². The highest BCUT2D eigenvalue weighted by atomic mass is 16.4. The molecule has 0 heterocycles. The minimum absolute atomic E-state index is 0.106. The number of phenols is 1. The maximum Gasteiger partial charge on any atom is 0.408 e. The fourth-order valence-electron chi connectivity index (χ4n) is 2.16. The van der Waals surface area contributed by atoms with Crippen molar-refractivity contribution in [1.29, 1.82) is 0 Å². The van der Waals surface area contributed by atoms with E-state index >= 15 is 0 Å². The molecule has 0 bridgehead atoms. The van der Waals surface area contributed by atoms with E-state index < -0.39 is 23.8 Å². The van der Waals surface area contributed by atoms with E-state index in [4.69, 9.17) is 0 Å². The molecule has 2 atom stereocenters. The van der Waals surface area contributed by atoms with E-state index in [1.54, 1.807) is 39.8 Å². The molecule has 5 heteroatoms. The van der Waals surface area contributed by atoms with Crippen molar-refractivity contribution in [2.45, 2.75) is 45.4 Å². The van der Waals surface area contributed by atoms with E-state index in [-0.39, 0.29) is 5.75 Å². The number of rotatable bonds is 3. The lowest BCUT2D eigenvalue weighted by Crippen LogP contribution is -2.52. The molecule has 2 unspecified atom stereocenters. The van der Waals surface area contributed by atoms with E-state index in [0.29, 0.717) is 5.56 Å². The number of benzene rings is 1. The Labute approximate surface area is 113 Å². The highest BCUT2D eigenvalue weighted by molar-refractivity contribution is 5.66. The van der Waals surface area contributed by atoms with Crippen LogP contribution in [0.5, 0.6) is 5.75 Å². The summed E-state index contributed by atoms with van der Waals surface area (Å²) < 4.78 is 0. The van der Waals surface area contributed by atoms with Gasteiger partial charge in [-0.05, 0) is 45.4 Å². The first-order valence-electron chi connectivity index (χ1n) is 6.14. The molecule has 1 aromatic rings. The van der Waals surface area contributed by atoms with Gasteiger partial charge in [-0.2, -0.15) is 0 Å². The van der Waals surface area contributed by atoms with Crippen LogP contribution < -0.4 is 0 Å². The molecular formula is C14H21NO4. The third-order valence-electron chi connectivity index (χ3n) is 3.03. The Morgan fingerprint density at radius 3 is 2.05 bits per heavy atom. The molecule has 3 N–H and O–H groups in total. The number of phenolic OH excluding ortho intramolecular Hbond substituents is 1. The van der Waals surface area contributed by atoms with E-state index in [9.17, 15) is 20.1 Å².